The van der Waals surface area contributed by atoms with Gasteiger partial charge in [-0.2, -0.15) is 4.98 Å². The quantitative estimate of drug-likeness (QED) is 0.834. The molecule has 0 saturated heterocycles. The highest BCUT2D eigenvalue weighted by atomic mass is 16.5. The van der Waals surface area contributed by atoms with Gasteiger partial charge in [-0.3, -0.25) is 0 Å². The molecule has 16 heavy (non-hydrogen) atoms. The van der Waals surface area contributed by atoms with Crippen LogP contribution in [0.4, 0.5) is 0 Å². The van der Waals surface area contributed by atoms with Gasteiger partial charge in [0.2, 0.25) is 5.89 Å². The summed E-state index contributed by atoms with van der Waals surface area (Å²) in [6.45, 7) is 0.293. The Kier molecular flexibility index (Phi) is 3.16. The van der Waals surface area contributed by atoms with E-state index in [9.17, 15) is 0 Å². The van der Waals surface area contributed by atoms with E-state index < -0.39 is 0 Å². The number of hydrogen-bond donors (Lipinski definition) is 1. The molecule has 0 aliphatic carbocycles. The van der Waals surface area contributed by atoms with Crippen molar-refractivity contribution in [1.82, 2.24) is 10.1 Å². The fourth-order valence-corrected chi connectivity index (χ4v) is 1.40. The summed E-state index contributed by atoms with van der Waals surface area (Å²) in [6, 6.07) is 7.73. The van der Waals surface area contributed by atoms with Gasteiger partial charge in [0.05, 0.1) is 20.1 Å². The molecule has 0 radical (unpaired) electrons. The van der Waals surface area contributed by atoms with Crippen LogP contribution in [-0.2, 0) is 13.0 Å². The van der Waals surface area contributed by atoms with Crippen LogP contribution in [-0.4, -0.2) is 17.3 Å². The number of nitrogens with two attached hydrogens (primary N) is 1. The molecule has 2 N–H and O–H groups in total. The number of aromatic nitrogens is 2. The van der Waals surface area contributed by atoms with Gasteiger partial charge in [-0.25, -0.2) is 0 Å². The first-order chi connectivity index (χ1) is 7.81. The molecule has 5 heteroatoms. The molecule has 84 valence electrons. The van der Waals surface area contributed by atoms with Crippen molar-refractivity contribution in [3.8, 4) is 5.75 Å². The zero-order valence-corrected chi connectivity index (χ0v) is 9.01. The monoisotopic (exact) mass is 219 g/mol. The summed E-state index contributed by atoms with van der Waals surface area (Å²) in [6.07, 6.45) is 0.587. The zero-order chi connectivity index (χ0) is 11.4. The highest BCUT2D eigenvalue weighted by Gasteiger charge is 2.06. The van der Waals surface area contributed by atoms with E-state index >= 15 is 0 Å². The van der Waals surface area contributed by atoms with E-state index in [1.54, 1.807) is 7.11 Å². The SMILES string of the molecule is COc1cccc(Cc2nc(CN)no2)c1. The maximum absolute atomic E-state index is 5.40. The van der Waals surface area contributed by atoms with Gasteiger partial charge >= 0.3 is 0 Å². The number of methoxy groups -OCH3 is 1. The molecule has 0 aliphatic heterocycles. The van der Waals surface area contributed by atoms with Crippen molar-refractivity contribution in [1.29, 1.82) is 0 Å². The predicted octanol–water partition coefficient (Wildman–Crippen LogP) is 1.13. The highest BCUT2D eigenvalue weighted by Crippen LogP contribution is 2.15. The third-order valence-corrected chi connectivity index (χ3v) is 2.18. The van der Waals surface area contributed by atoms with Gasteiger partial charge in [-0.05, 0) is 17.7 Å². The smallest absolute Gasteiger partial charge is 0.231 e. The Labute approximate surface area is 93.2 Å². The Morgan fingerprint density at radius 2 is 2.31 bits per heavy atom. The third-order valence-electron chi connectivity index (χ3n) is 2.18. The van der Waals surface area contributed by atoms with Crippen LogP contribution >= 0.6 is 0 Å². The molecule has 2 aromatic rings. The van der Waals surface area contributed by atoms with Crippen LogP contribution in [0.25, 0.3) is 0 Å². The number of nitrogens with zero attached hydrogens (tertiary/aromatic N) is 2. The summed E-state index contributed by atoms with van der Waals surface area (Å²) >= 11 is 0. The molecule has 0 spiro atoms. The lowest BCUT2D eigenvalue weighted by Crippen LogP contribution is -1.98. The van der Waals surface area contributed by atoms with Crippen LogP contribution in [0, 0.1) is 0 Å². The molecule has 0 amide bonds. The Hall–Kier alpha value is -1.88. The molecule has 2 rings (SSSR count). The van der Waals surface area contributed by atoms with Crippen molar-refractivity contribution in [2.75, 3.05) is 7.11 Å². The van der Waals surface area contributed by atoms with Crippen LogP contribution in [0.5, 0.6) is 5.75 Å². The van der Waals surface area contributed by atoms with Gasteiger partial charge in [0.25, 0.3) is 0 Å². The standard InChI is InChI=1S/C11H13N3O2/c1-15-9-4-2-3-8(5-9)6-11-13-10(7-12)14-16-11/h2-5H,6-7,12H2,1H3. The zero-order valence-electron chi connectivity index (χ0n) is 9.01. The van der Waals surface area contributed by atoms with Crippen LogP contribution in [0.1, 0.15) is 17.3 Å². The Morgan fingerprint density at radius 1 is 1.44 bits per heavy atom. The second-order valence-electron chi connectivity index (χ2n) is 3.34. The lowest BCUT2D eigenvalue weighted by atomic mass is 10.1. The number of benzene rings is 1. The second-order valence-corrected chi connectivity index (χ2v) is 3.34. The fraction of sp³-hybridized carbons (Fsp3) is 0.273. The molecular weight excluding hydrogens is 206 g/mol. The molecular formula is C11H13N3O2. The van der Waals surface area contributed by atoms with E-state index in [1.165, 1.54) is 0 Å². The highest BCUT2D eigenvalue weighted by molar-refractivity contribution is 5.29. The molecule has 1 aromatic carbocycles. The van der Waals surface area contributed by atoms with Gasteiger partial charge < -0.3 is 15.0 Å². The largest absolute Gasteiger partial charge is 0.497 e. The maximum atomic E-state index is 5.40. The minimum atomic E-state index is 0.293. The maximum Gasteiger partial charge on any atom is 0.231 e. The van der Waals surface area contributed by atoms with Crippen molar-refractivity contribution in [3.63, 3.8) is 0 Å². The molecule has 0 atom stereocenters. The van der Waals surface area contributed by atoms with Gasteiger partial charge in [0.1, 0.15) is 5.75 Å². The average molecular weight is 219 g/mol. The summed E-state index contributed by atoms with van der Waals surface area (Å²) in [4.78, 5) is 4.14. The molecule has 5 nitrogen and oxygen atoms in total. The van der Waals surface area contributed by atoms with Crippen LogP contribution in [0.15, 0.2) is 28.8 Å². The summed E-state index contributed by atoms with van der Waals surface area (Å²) in [5.74, 6) is 1.91. The van der Waals surface area contributed by atoms with Gasteiger partial charge in [-0.1, -0.05) is 17.3 Å². The molecule has 0 fully saturated rings. The molecule has 0 aliphatic rings. The lowest BCUT2D eigenvalue weighted by molar-refractivity contribution is 0.379. The first kappa shape index (κ1) is 10.6. The summed E-state index contributed by atoms with van der Waals surface area (Å²) in [5.41, 5.74) is 6.46. The van der Waals surface area contributed by atoms with Gasteiger partial charge in [-0.15, -0.1) is 0 Å². The van der Waals surface area contributed by atoms with Crippen molar-refractivity contribution in [3.05, 3.63) is 41.5 Å². The Balaban J connectivity index is 2.13. The van der Waals surface area contributed by atoms with E-state index in [0.717, 1.165) is 11.3 Å². The number of ether oxygens (including phenoxy) is 1. The molecule has 0 unspecified atom stereocenters. The first-order valence-electron chi connectivity index (χ1n) is 4.96. The fourth-order valence-electron chi connectivity index (χ4n) is 1.40. The normalized spacial score (nSPS) is 10.4. The van der Waals surface area contributed by atoms with Gasteiger partial charge in [0.15, 0.2) is 5.82 Å². The van der Waals surface area contributed by atoms with Gasteiger partial charge in [0, 0.05) is 0 Å². The Morgan fingerprint density at radius 3 is 3.00 bits per heavy atom. The molecule has 1 aromatic heterocycles. The van der Waals surface area contributed by atoms with Crippen LogP contribution in [0.2, 0.25) is 0 Å². The van der Waals surface area contributed by atoms with E-state index in [4.69, 9.17) is 15.0 Å². The minimum absolute atomic E-state index is 0.293. The van der Waals surface area contributed by atoms with E-state index in [1.807, 2.05) is 24.3 Å². The summed E-state index contributed by atoms with van der Waals surface area (Å²) < 4.78 is 10.2. The van der Waals surface area contributed by atoms with Crippen LogP contribution in [0.3, 0.4) is 0 Å². The van der Waals surface area contributed by atoms with E-state index in [2.05, 4.69) is 10.1 Å². The third kappa shape index (κ3) is 2.38. The molecule has 1 heterocycles. The van der Waals surface area contributed by atoms with E-state index in [0.29, 0.717) is 24.7 Å². The van der Waals surface area contributed by atoms with E-state index in [-0.39, 0.29) is 0 Å². The predicted molar refractivity (Wildman–Crippen MR) is 58.0 cm³/mol. The van der Waals surface area contributed by atoms with Crippen molar-refractivity contribution in [2.24, 2.45) is 5.73 Å². The van der Waals surface area contributed by atoms with Crippen molar-refractivity contribution >= 4 is 0 Å². The van der Waals surface area contributed by atoms with Crippen molar-refractivity contribution in [2.45, 2.75) is 13.0 Å². The number of rotatable bonds is 4. The second kappa shape index (κ2) is 4.76. The number of hydrogen-bond acceptors (Lipinski definition) is 5. The first-order valence-corrected chi connectivity index (χ1v) is 4.96. The molecule has 0 saturated carbocycles. The van der Waals surface area contributed by atoms with Crippen LogP contribution < -0.4 is 10.5 Å². The lowest BCUT2D eigenvalue weighted by Gasteiger charge is -2.01. The summed E-state index contributed by atoms with van der Waals surface area (Å²) in [7, 11) is 1.64. The average Bonchev–Trinajstić information content (AvgIpc) is 2.77. The minimum Gasteiger partial charge on any atom is -0.497 e. The summed E-state index contributed by atoms with van der Waals surface area (Å²) in [5, 5.41) is 3.73. The van der Waals surface area contributed by atoms with Crippen molar-refractivity contribution < 1.29 is 9.26 Å². The topological polar surface area (TPSA) is 74.2 Å². The Bertz CT molecular complexity index is 468. The molecule has 0 bridgehead atoms.